The first-order valence-corrected chi connectivity index (χ1v) is 6.43. The monoisotopic (exact) mass is 260 g/mol. The van der Waals surface area contributed by atoms with Gasteiger partial charge in [-0.2, -0.15) is 0 Å². The van der Waals surface area contributed by atoms with Crippen LogP contribution in [0.5, 0.6) is 0 Å². The molecule has 1 aliphatic carbocycles. The molecule has 0 aliphatic heterocycles. The van der Waals surface area contributed by atoms with Gasteiger partial charge in [-0.1, -0.05) is 24.4 Å². The number of hydrogen-bond donors (Lipinski definition) is 1. The third-order valence-electron chi connectivity index (χ3n) is 3.25. The maximum Gasteiger partial charge on any atom is 0.133 e. The van der Waals surface area contributed by atoms with Crippen LogP contribution < -0.4 is 0 Å². The first-order valence-electron chi connectivity index (χ1n) is 6.02. The van der Waals surface area contributed by atoms with E-state index in [-0.39, 0.29) is 5.82 Å². The number of benzene rings is 1. The summed E-state index contributed by atoms with van der Waals surface area (Å²) in [6, 6.07) is 6.55. The van der Waals surface area contributed by atoms with Crippen molar-refractivity contribution < 1.29 is 4.39 Å². The lowest BCUT2D eigenvalue weighted by Gasteiger charge is -2.09. The van der Waals surface area contributed by atoms with Gasteiger partial charge in [0.15, 0.2) is 0 Å². The largest absolute Gasteiger partial charge is 0.343 e. The Morgan fingerprint density at radius 3 is 2.83 bits per heavy atom. The number of rotatable bonds is 2. The van der Waals surface area contributed by atoms with E-state index in [2.05, 4.69) is 9.97 Å². The van der Waals surface area contributed by atoms with Crippen molar-refractivity contribution in [2.45, 2.75) is 25.7 Å². The summed E-state index contributed by atoms with van der Waals surface area (Å²) in [6.07, 6.45) is 2.31. The van der Waals surface area contributed by atoms with Crippen LogP contribution >= 0.6 is 12.2 Å². The Morgan fingerprint density at radius 1 is 1.39 bits per heavy atom. The Hall–Kier alpha value is -1.55. The van der Waals surface area contributed by atoms with Crippen LogP contribution in [0.25, 0.3) is 11.3 Å². The zero-order chi connectivity index (χ0) is 12.7. The van der Waals surface area contributed by atoms with Gasteiger partial charge in [0.25, 0.3) is 0 Å². The molecule has 1 saturated carbocycles. The molecule has 2 aromatic rings. The van der Waals surface area contributed by atoms with Crippen molar-refractivity contribution in [2.24, 2.45) is 0 Å². The van der Waals surface area contributed by atoms with Crippen molar-refractivity contribution in [3.63, 3.8) is 0 Å². The molecule has 18 heavy (non-hydrogen) atoms. The average Bonchev–Trinajstić information content (AvgIpc) is 3.16. The predicted molar refractivity (Wildman–Crippen MR) is 71.5 cm³/mol. The number of nitrogens with one attached hydrogen (secondary N) is 1. The van der Waals surface area contributed by atoms with E-state index in [0.29, 0.717) is 10.6 Å². The number of hydrogen-bond acceptors (Lipinski definition) is 2. The maximum absolute atomic E-state index is 13.3. The highest BCUT2D eigenvalue weighted by Crippen LogP contribution is 2.39. The first-order chi connectivity index (χ1) is 8.65. The zero-order valence-electron chi connectivity index (χ0n) is 10.0. The lowest BCUT2D eigenvalue weighted by Crippen LogP contribution is -1.99. The van der Waals surface area contributed by atoms with Crippen LogP contribution in [-0.4, -0.2) is 9.97 Å². The highest BCUT2D eigenvalue weighted by Gasteiger charge is 2.26. The van der Waals surface area contributed by atoms with Gasteiger partial charge in [-0.15, -0.1) is 0 Å². The van der Waals surface area contributed by atoms with E-state index >= 15 is 0 Å². The predicted octanol–water partition coefficient (Wildman–Crippen LogP) is 4.13. The van der Waals surface area contributed by atoms with Crippen molar-refractivity contribution in [3.05, 3.63) is 46.1 Å². The Labute approximate surface area is 110 Å². The molecule has 1 aromatic carbocycles. The average molecular weight is 260 g/mol. The van der Waals surface area contributed by atoms with E-state index in [0.717, 1.165) is 35.5 Å². The molecule has 0 unspecified atom stereocenters. The second-order valence-electron chi connectivity index (χ2n) is 4.71. The third kappa shape index (κ3) is 2.08. The number of aromatic nitrogens is 2. The number of H-pyrrole nitrogens is 1. The molecule has 92 valence electrons. The molecule has 0 spiro atoms. The van der Waals surface area contributed by atoms with E-state index < -0.39 is 0 Å². The summed E-state index contributed by atoms with van der Waals surface area (Å²) >= 11 is 5.28. The summed E-state index contributed by atoms with van der Waals surface area (Å²) in [6.45, 7) is 1.92. The van der Waals surface area contributed by atoms with Crippen molar-refractivity contribution in [1.82, 2.24) is 9.97 Å². The fourth-order valence-electron chi connectivity index (χ4n) is 2.03. The van der Waals surface area contributed by atoms with Crippen LogP contribution in [0, 0.1) is 17.4 Å². The quantitative estimate of drug-likeness (QED) is 0.822. The lowest BCUT2D eigenvalue weighted by atomic mass is 10.1. The minimum absolute atomic E-state index is 0.240. The molecular formula is C14H13FN2S. The zero-order valence-corrected chi connectivity index (χ0v) is 10.9. The Morgan fingerprint density at radius 2 is 2.17 bits per heavy atom. The van der Waals surface area contributed by atoms with Gasteiger partial charge in [0.05, 0.1) is 5.69 Å². The second-order valence-corrected chi connectivity index (χ2v) is 5.10. The SMILES string of the molecule is Cc1c(-c2cccc(F)c2)[nH]c(C2CC2)nc1=S. The van der Waals surface area contributed by atoms with Gasteiger partial charge in [0, 0.05) is 17.0 Å². The summed E-state index contributed by atoms with van der Waals surface area (Å²) in [5.74, 6) is 1.19. The van der Waals surface area contributed by atoms with Gasteiger partial charge in [-0.25, -0.2) is 9.37 Å². The molecule has 4 heteroatoms. The molecule has 1 N–H and O–H groups in total. The van der Waals surface area contributed by atoms with Gasteiger partial charge >= 0.3 is 0 Å². The van der Waals surface area contributed by atoms with Crippen LogP contribution in [0.3, 0.4) is 0 Å². The highest BCUT2D eigenvalue weighted by atomic mass is 32.1. The maximum atomic E-state index is 13.3. The summed E-state index contributed by atoms with van der Waals surface area (Å²) < 4.78 is 13.9. The molecule has 0 bridgehead atoms. The molecule has 1 aromatic heterocycles. The third-order valence-corrected chi connectivity index (χ3v) is 3.65. The molecule has 0 radical (unpaired) electrons. The summed E-state index contributed by atoms with van der Waals surface area (Å²) in [5.41, 5.74) is 2.61. The van der Waals surface area contributed by atoms with Crippen LogP contribution in [0.2, 0.25) is 0 Å². The number of nitrogens with zero attached hydrogens (tertiary/aromatic N) is 1. The first kappa shape index (κ1) is 11.5. The van der Waals surface area contributed by atoms with Crippen molar-refractivity contribution in [2.75, 3.05) is 0 Å². The van der Waals surface area contributed by atoms with E-state index in [1.165, 1.54) is 12.1 Å². The van der Waals surface area contributed by atoms with Gasteiger partial charge in [-0.3, -0.25) is 0 Å². The fourth-order valence-corrected chi connectivity index (χ4v) is 2.23. The summed E-state index contributed by atoms with van der Waals surface area (Å²) in [5, 5.41) is 0. The van der Waals surface area contributed by atoms with Crippen LogP contribution in [-0.2, 0) is 0 Å². The minimum Gasteiger partial charge on any atom is -0.343 e. The normalized spacial score (nSPS) is 14.8. The standard InChI is InChI=1S/C14H13FN2S/c1-8-12(10-3-2-4-11(15)7-10)16-13(9-5-6-9)17-14(8)18/h2-4,7,9H,5-6H2,1H3,(H,16,17,18). The van der Waals surface area contributed by atoms with Gasteiger partial charge in [0.1, 0.15) is 16.3 Å². The van der Waals surface area contributed by atoms with Crippen LogP contribution in [0.15, 0.2) is 24.3 Å². The van der Waals surface area contributed by atoms with Gasteiger partial charge in [0.2, 0.25) is 0 Å². The molecule has 1 aliphatic rings. The van der Waals surface area contributed by atoms with E-state index in [9.17, 15) is 4.39 Å². The van der Waals surface area contributed by atoms with E-state index in [1.807, 2.05) is 13.0 Å². The Bertz CT molecular complexity index is 659. The smallest absolute Gasteiger partial charge is 0.133 e. The van der Waals surface area contributed by atoms with Crippen molar-refractivity contribution in [1.29, 1.82) is 0 Å². The van der Waals surface area contributed by atoms with Gasteiger partial charge < -0.3 is 4.98 Å². The molecule has 0 atom stereocenters. The van der Waals surface area contributed by atoms with E-state index in [1.54, 1.807) is 6.07 Å². The van der Waals surface area contributed by atoms with E-state index in [4.69, 9.17) is 12.2 Å². The van der Waals surface area contributed by atoms with Crippen molar-refractivity contribution in [3.8, 4) is 11.3 Å². The van der Waals surface area contributed by atoms with Crippen LogP contribution in [0.4, 0.5) is 4.39 Å². The minimum atomic E-state index is -0.240. The molecule has 3 rings (SSSR count). The molecule has 2 nitrogen and oxygen atoms in total. The van der Waals surface area contributed by atoms with Gasteiger partial charge in [-0.05, 0) is 31.9 Å². The Kier molecular flexibility index (Phi) is 2.74. The lowest BCUT2D eigenvalue weighted by molar-refractivity contribution is 0.628. The van der Waals surface area contributed by atoms with Crippen LogP contribution in [0.1, 0.15) is 30.1 Å². The van der Waals surface area contributed by atoms with Crippen molar-refractivity contribution >= 4 is 12.2 Å². The Balaban J connectivity index is 2.18. The molecule has 1 heterocycles. The topological polar surface area (TPSA) is 28.7 Å². The summed E-state index contributed by atoms with van der Waals surface area (Å²) in [7, 11) is 0. The molecular weight excluding hydrogens is 247 g/mol. The molecule has 1 fully saturated rings. The fraction of sp³-hybridized carbons (Fsp3) is 0.286. The highest BCUT2D eigenvalue weighted by molar-refractivity contribution is 7.71. The molecule has 0 amide bonds. The number of halogens is 1. The second kappa shape index (κ2) is 4.28. The summed E-state index contributed by atoms with van der Waals surface area (Å²) in [4.78, 5) is 7.72. The molecule has 0 saturated heterocycles. The number of aromatic amines is 1.